The average molecular weight is 273 g/mol. The van der Waals surface area contributed by atoms with Crippen LogP contribution in [0.4, 0.5) is 0 Å². The van der Waals surface area contributed by atoms with Gasteiger partial charge in [0.05, 0.1) is 17.7 Å². The van der Waals surface area contributed by atoms with Gasteiger partial charge in [0, 0.05) is 24.7 Å². The molecule has 3 rings (SSSR count). The minimum Gasteiger partial charge on any atom is -0.490 e. The molecule has 1 fully saturated rings. The molecule has 0 radical (unpaired) electrons. The van der Waals surface area contributed by atoms with E-state index in [0.717, 1.165) is 25.3 Å². The Bertz CT molecular complexity index is 567. The smallest absolute Gasteiger partial charge is 0.129 e. The molecule has 1 aliphatic heterocycles. The summed E-state index contributed by atoms with van der Waals surface area (Å²) in [7, 11) is 0. The van der Waals surface area contributed by atoms with E-state index in [2.05, 4.69) is 42.8 Å². The fourth-order valence-corrected chi connectivity index (χ4v) is 2.90. The van der Waals surface area contributed by atoms with Crippen molar-refractivity contribution in [1.29, 1.82) is 0 Å². The summed E-state index contributed by atoms with van der Waals surface area (Å²) in [6, 6.07) is 8.44. The lowest BCUT2D eigenvalue weighted by Gasteiger charge is -2.13. The maximum absolute atomic E-state index is 5.88. The summed E-state index contributed by atoms with van der Waals surface area (Å²) in [4.78, 5) is 0. The van der Waals surface area contributed by atoms with Gasteiger partial charge in [-0.05, 0) is 51.3 Å². The molecule has 0 amide bonds. The topological polar surface area (TPSA) is 23.4 Å². The van der Waals surface area contributed by atoms with Gasteiger partial charge in [-0.1, -0.05) is 6.07 Å². The van der Waals surface area contributed by atoms with Gasteiger partial charge in [0.15, 0.2) is 0 Å². The van der Waals surface area contributed by atoms with E-state index in [1.165, 1.54) is 23.7 Å². The minimum atomic E-state index is 0.204. The minimum absolute atomic E-state index is 0.204. The van der Waals surface area contributed by atoms with Gasteiger partial charge in [-0.15, -0.1) is 0 Å². The first kappa shape index (κ1) is 13.5. The van der Waals surface area contributed by atoms with Gasteiger partial charge >= 0.3 is 0 Å². The number of nitrogens with zero attached hydrogens (tertiary/aromatic N) is 1. The number of hydrogen-bond donors (Lipinski definition) is 0. The summed E-state index contributed by atoms with van der Waals surface area (Å²) < 4.78 is 13.9. The molecule has 0 N–H and O–H groups in total. The van der Waals surface area contributed by atoms with Crippen molar-refractivity contribution in [2.45, 2.75) is 51.9 Å². The van der Waals surface area contributed by atoms with E-state index < -0.39 is 0 Å². The lowest BCUT2D eigenvalue weighted by Crippen LogP contribution is -2.09. The van der Waals surface area contributed by atoms with Crippen molar-refractivity contribution in [2.24, 2.45) is 0 Å². The number of benzene rings is 1. The van der Waals surface area contributed by atoms with Crippen molar-refractivity contribution in [3.05, 3.63) is 30.5 Å². The fourth-order valence-electron chi connectivity index (χ4n) is 2.90. The van der Waals surface area contributed by atoms with Gasteiger partial charge in [0.2, 0.25) is 0 Å². The summed E-state index contributed by atoms with van der Waals surface area (Å²) in [5, 5.41) is 1.20. The van der Waals surface area contributed by atoms with Crippen molar-refractivity contribution in [3.63, 3.8) is 0 Å². The Labute approximate surface area is 120 Å². The molecular formula is C17H23NO2. The first-order valence-corrected chi connectivity index (χ1v) is 7.60. The Morgan fingerprint density at radius 1 is 1.35 bits per heavy atom. The number of ether oxygens (including phenoxy) is 2. The predicted molar refractivity (Wildman–Crippen MR) is 81.3 cm³/mol. The van der Waals surface area contributed by atoms with Crippen LogP contribution >= 0.6 is 0 Å². The molecule has 0 aliphatic carbocycles. The first-order chi connectivity index (χ1) is 9.74. The molecule has 1 saturated heterocycles. The SMILES string of the molecule is CC(C)Oc1cccc2c1ccn2CCC1CCCO1. The monoisotopic (exact) mass is 273 g/mol. The zero-order valence-corrected chi connectivity index (χ0v) is 12.3. The van der Waals surface area contributed by atoms with Crippen LogP contribution in [0.15, 0.2) is 30.5 Å². The van der Waals surface area contributed by atoms with Crippen LogP contribution in [-0.4, -0.2) is 23.4 Å². The Hall–Kier alpha value is -1.48. The van der Waals surface area contributed by atoms with E-state index in [4.69, 9.17) is 9.47 Å². The fraction of sp³-hybridized carbons (Fsp3) is 0.529. The Balaban J connectivity index is 1.78. The molecule has 0 bridgehead atoms. The van der Waals surface area contributed by atoms with E-state index in [0.29, 0.717) is 6.10 Å². The highest BCUT2D eigenvalue weighted by Gasteiger charge is 2.15. The summed E-state index contributed by atoms with van der Waals surface area (Å²) in [5.74, 6) is 0.980. The molecule has 3 nitrogen and oxygen atoms in total. The van der Waals surface area contributed by atoms with Crippen molar-refractivity contribution in [2.75, 3.05) is 6.61 Å². The molecule has 0 spiro atoms. The molecule has 20 heavy (non-hydrogen) atoms. The third-order valence-corrected chi connectivity index (χ3v) is 3.85. The van der Waals surface area contributed by atoms with Crippen LogP contribution in [0.1, 0.15) is 33.1 Å². The van der Waals surface area contributed by atoms with Gasteiger partial charge in [-0.3, -0.25) is 0 Å². The van der Waals surface area contributed by atoms with Gasteiger partial charge in [-0.2, -0.15) is 0 Å². The number of rotatable bonds is 5. The summed E-state index contributed by atoms with van der Waals surface area (Å²) in [6.45, 7) is 6.07. The highest BCUT2D eigenvalue weighted by molar-refractivity contribution is 5.86. The van der Waals surface area contributed by atoms with Crippen LogP contribution in [0.2, 0.25) is 0 Å². The van der Waals surface area contributed by atoms with Gasteiger partial charge < -0.3 is 14.0 Å². The van der Waals surface area contributed by atoms with E-state index >= 15 is 0 Å². The highest BCUT2D eigenvalue weighted by Crippen LogP contribution is 2.28. The van der Waals surface area contributed by atoms with E-state index in [9.17, 15) is 0 Å². The molecule has 1 aromatic carbocycles. The lowest BCUT2D eigenvalue weighted by atomic mass is 10.2. The third-order valence-electron chi connectivity index (χ3n) is 3.85. The quantitative estimate of drug-likeness (QED) is 0.822. The second-order valence-electron chi connectivity index (χ2n) is 5.79. The van der Waals surface area contributed by atoms with Crippen molar-refractivity contribution in [1.82, 2.24) is 4.57 Å². The van der Waals surface area contributed by atoms with Crippen LogP contribution in [0.5, 0.6) is 5.75 Å². The second-order valence-corrected chi connectivity index (χ2v) is 5.79. The van der Waals surface area contributed by atoms with Crippen molar-refractivity contribution in [3.8, 4) is 5.75 Å². The Morgan fingerprint density at radius 2 is 2.25 bits per heavy atom. The van der Waals surface area contributed by atoms with Crippen molar-refractivity contribution >= 4 is 10.9 Å². The molecule has 108 valence electrons. The number of aryl methyl sites for hydroxylation is 1. The average Bonchev–Trinajstić information content (AvgIpc) is 3.05. The standard InChI is InChI=1S/C17H23NO2/c1-13(2)20-17-7-3-6-16-15(17)9-11-18(16)10-8-14-5-4-12-19-14/h3,6-7,9,11,13-14H,4-5,8,10,12H2,1-2H3. The second kappa shape index (κ2) is 5.88. The highest BCUT2D eigenvalue weighted by atomic mass is 16.5. The first-order valence-electron chi connectivity index (χ1n) is 7.60. The normalized spacial score (nSPS) is 19.1. The van der Waals surface area contributed by atoms with Crippen LogP contribution in [0, 0.1) is 0 Å². The van der Waals surface area contributed by atoms with Crippen molar-refractivity contribution < 1.29 is 9.47 Å². The molecule has 3 heteroatoms. The number of fused-ring (bicyclic) bond motifs is 1. The predicted octanol–water partition coefficient (Wildman–Crippen LogP) is 4.00. The molecule has 1 aliphatic rings. The van der Waals surface area contributed by atoms with E-state index in [1.807, 2.05) is 6.07 Å². The van der Waals surface area contributed by atoms with E-state index in [-0.39, 0.29) is 6.10 Å². The zero-order valence-electron chi connectivity index (χ0n) is 12.3. The molecule has 2 heterocycles. The summed E-state index contributed by atoms with van der Waals surface area (Å²) >= 11 is 0. The number of aromatic nitrogens is 1. The Kier molecular flexibility index (Phi) is 3.97. The molecule has 1 atom stereocenters. The number of hydrogen-bond acceptors (Lipinski definition) is 2. The lowest BCUT2D eigenvalue weighted by molar-refractivity contribution is 0.101. The summed E-state index contributed by atoms with van der Waals surface area (Å²) in [5.41, 5.74) is 1.25. The van der Waals surface area contributed by atoms with Gasteiger partial charge in [0.25, 0.3) is 0 Å². The van der Waals surface area contributed by atoms with Gasteiger partial charge in [0.1, 0.15) is 5.75 Å². The molecule has 1 aromatic heterocycles. The molecule has 2 aromatic rings. The van der Waals surface area contributed by atoms with Crippen LogP contribution in [0.3, 0.4) is 0 Å². The van der Waals surface area contributed by atoms with Crippen LogP contribution < -0.4 is 4.74 Å². The van der Waals surface area contributed by atoms with Gasteiger partial charge in [-0.25, -0.2) is 0 Å². The molecule has 0 saturated carbocycles. The maximum Gasteiger partial charge on any atom is 0.129 e. The summed E-state index contributed by atoms with van der Waals surface area (Å²) in [6.07, 6.45) is 6.33. The van der Waals surface area contributed by atoms with E-state index in [1.54, 1.807) is 0 Å². The van der Waals surface area contributed by atoms with Crippen LogP contribution in [-0.2, 0) is 11.3 Å². The zero-order chi connectivity index (χ0) is 13.9. The molecule has 1 unspecified atom stereocenters. The Morgan fingerprint density at radius 3 is 3.00 bits per heavy atom. The maximum atomic E-state index is 5.88. The largest absolute Gasteiger partial charge is 0.490 e. The van der Waals surface area contributed by atoms with Crippen LogP contribution in [0.25, 0.3) is 10.9 Å². The third kappa shape index (κ3) is 2.83. The molecular weight excluding hydrogens is 250 g/mol.